The van der Waals surface area contributed by atoms with Gasteiger partial charge in [0.2, 0.25) is 5.96 Å². The minimum Gasteiger partial charge on any atom is -0.492 e. The number of fused-ring (bicyclic) bond motifs is 3. The van der Waals surface area contributed by atoms with Crippen molar-refractivity contribution in [2.75, 3.05) is 36.0 Å². The minimum absolute atomic E-state index is 0.600. The maximum absolute atomic E-state index is 5.91. The van der Waals surface area contributed by atoms with E-state index in [9.17, 15) is 0 Å². The molecule has 0 saturated heterocycles. The van der Waals surface area contributed by atoms with Gasteiger partial charge in [0.15, 0.2) is 0 Å². The first-order chi connectivity index (χ1) is 11.8. The first kappa shape index (κ1) is 15.3. The third-order valence-corrected chi connectivity index (χ3v) is 4.64. The Morgan fingerprint density at radius 3 is 2.62 bits per heavy atom. The van der Waals surface area contributed by atoms with Crippen molar-refractivity contribution in [2.24, 2.45) is 4.99 Å². The number of hydrogen-bond acceptors (Lipinski definition) is 4. The number of nitrogens with zero attached hydrogens (tertiary/aromatic N) is 3. The van der Waals surface area contributed by atoms with E-state index in [-0.39, 0.29) is 0 Å². The summed E-state index contributed by atoms with van der Waals surface area (Å²) >= 11 is 5.91. The predicted octanol–water partition coefficient (Wildman–Crippen LogP) is 4.20. The summed E-state index contributed by atoms with van der Waals surface area (Å²) in [4.78, 5) is 9.43. The molecule has 0 bridgehead atoms. The highest BCUT2D eigenvalue weighted by atomic mass is 35.5. The van der Waals surface area contributed by atoms with Crippen LogP contribution in [0.2, 0.25) is 5.02 Å². The molecule has 2 aliphatic rings. The Morgan fingerprint density at radius 1 is 1.00 bits per heavy atom. The van der Waals surface area contributed by atoms with Crippen LogP contribution in [0, 0.1) is 0 Å². The van der Waals surface area contributed by atoms with Gasteiger partial charge in [0, 0.05) is 18.1 Å². The number of ether oxygens (including phenoxy) is 1. The molecule has 0 fully saturated rings. The van der Waals surface area contributed by atoms with Crippen LogP contribution in [0.1, 0.15) is 12.8 Å². The molecule has 4 rings (SSSR count). The summed E-state index contributed by atoms with van der Waals surface area (Å²) < 4.78 is 5.88. The molecule has 2 aromatic carbocycles. The molecule has 0 atom stereocenters. The topological polar surface area (TPSA) is 28.1 Å². The van der Waals surface area contributed by atoms with Gasteiger partial charge in [0.25, 0.3) is 0 Å². The maximum atomic E-state index is 5.91. The Balaban J connectivity index is 1.50. The Morgan fingerprint density at radius 2 is 1.79 bits per heavy atom. The molecule has 0 spiro atoms. The molecule has 2 heterocycles. The largest absolute Gasteiger partial charge is 0.492 e. The van der Waals surface area contributed by atoms with Crippen LogP contribution in [-0.4, -0.2) is 32.2 Å². The van der Waals surface area contributed by atoms with E-state index in [1.807, 2.05) is 24.3 Å². The smallest absolute Gasteiger partial charge is 0.205 e. The zero-order valence-electron chi connectivity index (χ0n) is 13.5. The molecular formula is C19H20ClN3O. The van der Waals surface area contributed by atoms with Gasteiger partial charge in [0.1, 0.15) is 12.4 Å². The van der Waals surface area contributed by atoms with E-state index in [1.54, 1.807) is 0 Å². The molecule has 4 nitrogen and oxygen atoms in total. The summed E-state index contributed by atoms with van der Waals surface area (Å²) in [6.07, 6.45) is 2.33. The van der Waals surface area contributed by atoms with Crippen LogP contribution in [0.4, 0.5) is 11.4 Å². The van der Waals surface area contributed by atoms with Crippen molar-refractivity contribution in [3.8, 4) is 5.75 Å². The number of benzene rings is 2. The van der Waals surface area contributed by atoms with Gasteiger partial charge in [-0.1, -0.05) is 23.7 Å². The number of hydrogen-bond donors (Lipinski definition) is 0. The van der Waals surface area contributed by atoms with Crippen LogP contribution in [0.25, 0.3) is 0 Å². The van der Waals surface area contributed by atoms with Gasteiger partial charge in [-0.25, -0.2) is 0 Å². The molecule has 2 aliphatic heterocycles. The monoisotopic (exact) mass is 341 g/mol. The Bertz CT molecular complexity index is 745. The van der Waals surface area contributed by atoms with Gasteiger partial charge < -0.3 is 14.5 Å². The molecule has 0 radical (unpaired) electrons. The van der Waals surface area contributed by atoms with Gasteiger partial charge in [0.05, 0.1) is 17.9 Å². The molecule has 0 amide bonds. The van der Waals surface area contributed by atoms with Crippen molar-refractivity contribution in [1.29, 1.82) is 0 Å². The van der Waals surface area contributed by atoms with Crippen LogP contribution in [0.3, 0.4) is 0 Å². The van der Waals surface area contributed by atoms with Gasteiger partial charge >= 0.3 is 0 Å². The van der Waals surface area contributed by atoms with E-state index >= 15 is 0 Å². The molecule has 24 heavy (non-hydrogen) atoms. The summed E-state index contributed by atoms with van der Waals surface area (Å²) in [7, 11) is 0. The average molecular weight is 342 g/mol. The van der Waals surface area contributed by atoms with Crippen molar-refractivity contribution >= 4 is 28.9 Å². The lowest BCUT2D eigenvalue weighted by Crippen LogP contribution is -2.40. The van der Waals surface area contributed by atoms with Gasteiger partial charge in [-0.15, -0.1) is 0 Å². The van der Waals surface area contributed by atoms with E-state index in [0.29, 0.717) is 6.61 Å². The number of halogens is 1. The Kier molecular flexibility index (Phi) is 4.30. The van der Waals surface area contributed by atoms with Crippen molar-refractivity contribution in [3.63, 3.8) is 0 Å². The zero-order chi connectivity index (χ0) is 16.4. The number of anilines is 2. The fourth-order valence-electron chi connectivity index (χ4n) is 3.24. The number of guanidine groups is 1. The normalized spacial score (nSPS) is 16.3. The van der Waals surface area contributed by atoms with E-state index in [0.717, 1.165) is 42.8 Å². The van der Waals surface area contributed by atoms with Crippen molar-refractivity contribution in [2.45, 2.75) is 12.8 Å². The first-order valence-electron chi connectivity index (χ1n) is 8.40. The number of rotatable bonds is 4. The molecule has 124 valence electrons. The molecular weight excluding hydrogens is 322 g/mol. The van der Waals surface area contributed by atoms with E-state index in [1.165, 1.54) is 17.8 Å². The second-order valence-electron chi connectivity index (χ2n) is 5.98. The summed E-state index contributed by atoms with van der Waals surface area (Å²) in [5.74, 6) is 1.90. The third kappa shape index (κ3) is 2.94. The van der Waals surface area contributed by atoms with E-state index in [4.69, 9.17) is 21.3 Å². The Labute approximate surface area is 147 Å². The predicted molar refractivity (Wildman–Crippen MR) is 99.6 cm³/mol. The molecule has 0 aromatic heterocycles. The number of aliphatic imine (C=N–C) groups is 1. The van der Waals surface area contributed by atoms with Crippen LogP contribution in [-0.2, 0) is 0 Å². The maximum Gasteiger partial charge on any atom is 0.205 e. The zero-order valence-corrected chi connectivity index (χ0v) is 14.2. The lowest BCUT2D eigenvalue weighted by Gasteiger charge is -2.22. The second kappa shape index (κ2) is 6.73. The fourth-order valence-corrected chi connectivity index (χ4v) is 3.37. The van der Waals surface area contributed by atoms with Crippen LogP contribution < -0.4 is 14.5 Å². The highest BCUT2D eigenvalue weighted by Crippen LogP contribution is 2.37. The highest BCUT2D eigenvalue weighted by molar-refractivity contribution is 6.30. The van der Waals surface area contributed by atoms with Crippen molar-refractivity contribution < 1.29 is 4.74 Å². The van der Waals surface area contributed by atoms with E-state index in [2.05, 4.69) is 34.1 Å². The van der Waals surface area contributed by atoms with E-state index < -0.39 is 0 Å². The first-order valence-corrected chi connectivity index (χ1v) is 8.78. The molecule has 0 saturated carbocycles. The Hall–Kier alpha value is -2.20. The van der Waals surface area contributed by atoms with Crippen LogP contribution in [0.5, 0.6) is 5.75 Å². The third-order valence-electron chi connectivity index (χ3n) is 4.39. The summed E-state index contributed by atoms with van der Waals surface area (Å²) in [6, 6.07) is 16.0. The van der Waals surface area contributed by atoms with Crippen molar-refractivity contribution in [1.82, 2.24) is 0 Å². The quantitative estimate of drug-likeness (QED) is 0.834. The van der Waals surface area contributed by atoms with Crippen LogP contribution in [0.15, 0.2) is 53.5 Å². The SMILES string of the molecule is Clc1ccc(OCCN2C3=NCCCCN3c3ccccc32)cc1. The molecule has 0 unspecified atom stereocenters. The molecule has 0 aliphatic carbocycles. The van der Waals surface area contributed by atoms with Gasteiger partial charge in [-0.2, -0.15) is 0 Å². The second-order valence-corrected chi connectivity index (χ2v) is 6.42. The van der Waals surface area contributed by atoms with Crippen LogP contribution >= 0.6 is 11.6 Å². The minimum atomic E-state index is 0.600. The number of para-hydroxylation sites is 2. The fraction of sp³-hybridized carbons (Fsp3) is 0.316. The highest BCUT2D eigenvalue weighted by Gasteiger charge is 2.32. The summed E-state index contributed by atoms with van der Waals surface area (Å²) in [5.41, 5.74) is 2.47. The molecule has 5 heteroatoms. The lowest BCUT2D eigenvalue weighted by atomic mass is 10.2. The standard InChI is InChI=1S/C19H20ClN3O/c20-15-7-9-16(10-8-15)24-14-13-23-18-6-2-1-5-17(18)22-12-4-3-11-21-19(22)23/h1-2,5-10H,3-4,11-14H2. The summed E-state index contributed by atoms with van der Waals surface area (Å²) in [5, 5.41) is 0.722. The van der Waals surface area contributed by atoms with Gasteiger partial charge in [-0.3, -0.25) is 4.99 Å². The summed E-state index contributed by atoms with van der Waals surface area (Å²) in [6.45, 7) is 3.30. The average Bonchev–Trinajstić information content (AvgIpc) is 2.76. The molecule has 2 aromatic rings. The van der Waals surface area contributed by atoms with Gasteiger partial charge in [-0.05, 0) is 49.2 Å². The lowest BCUT2D eigenvalue weighted by molar-refractivity contribution is 0.328. The molecule has 0 N–H and O–H groups in total. The van der Waals surface area contributed by atoms with Crippen molar-refractivity contribution in [3.05, 3.63) is 53.6 Å².